The number of carbonyl (C=O) groups excluding carboxylic acids is 2. The molecule has 0 aliphatic rings. The van der Waals surface area contributed by atoms with Crippen molar-refractivity contribution in [1.29, 1.82) is 0 Å². The Morgan fingerprint density at radius 3 is 2.00 bits per heavy atom. The van der Waals surface area contributed by atoms with Crippen LogP contribution in [0.25, 0.3) is 0 Å². The Kier molecular flexibility index (Phi) is 4.70. The van der Waals surface area contributed by atoms with Crippen molar-refractivity contribution in [1.82, 2.24) is 0 Å². The van der Waals surface area contributed by atoms with Gasteiger partial charge in [0.05, 0.1) is 0 Å². The first kappa shape index (κ1) is 12.5. The van der Waals surface area contributed by atoms with Crippen LogP contribution in [0.2, 0.25) is 0 Å². The molecule has 2 unspecified atom stereocenters. The molecule has 8 heteroatoms. The van der Waals surface area contributed by atoms with Crippen molar-refractivity contribution >= 4 is 17.9 Å². The van der Waals surface area contributed by atoms with Gasteiger partial charge in [0.25, 0.3) is 0 Å². The van der Waals surface area contributed by atoms with Crippen LogP contribution in [-0.4, -0.2) is 57.1 Å². The van der Waals surface area contributed by atoms with Crippen LogP contribution in [0.5, 0.6) is 0 Å². The maximum absolute atomic E-state index is 10.6. The largest absolute Gasteiger partial charge is 0.479 e. The standard InChI is InChI=1S/C6H8O8/c7-1-2(8)14-6(13)4(10)3(9)5(11)12/h3-4,7,9-10H,1H2,(H,11,12). The molecular formula is C6H8O8. The number of aliphatic hydroxyl groups is 3. The molecule has 0 amide bonds. The summed E-state index contributed by atoms with van der Waals surface area (Å²) < 4.78 is 3.73. The van der Waals surface area contributed by atoms with Crippen LogP contribution >= 0.6 is 0 Å². The number of carboxylic acid groups (broad SMARTS) is 1. The fraction of sp³-hybridized carbons (Fsp3) is 0.500. The van der Waals surface area contributed by atoms with E-state index in [1.54, 1.807) is 0 Å². The van der Waals surface area contributed by atoms with Crippen LogP contribution in [0, 0.1) is 0 Å². The van der Waals surface area contributed by atoms with Crippen LogP contribution in [-0.2, 0) is 19.1 Å². The van der Waals surface area contributed by atoms with Crippen LogP contribution in [0.3, 0.4) is 0 Å². The number of rotatable bonds is 4. The van der Waals surface area contributed by atoms with E-state index in [9.17, 15) is 14.4 Å². The Hall–Kier alpha value is -1.51. The Morgan fingerprint density at radius 1 is 1.14 bits per heavy atom. The maximum atomic E-state index is 10.6. The van der Waals surface area contributed by atoms with E-state index in [0.29, 0.717) is 0 Å². The predicted octanol–water partition coefficient (Wildman–Crippen LogP) is -3.15. The van der Waals surface area contributed by atoms with Crippen molar-refractivity contribution < 1.29 is 39.5 Å². The minimum Gasteiger partial charge on any atom is -0.479 e. The van der Waals surface area contributed by atoms with Crippen LogP contribution in [0.4, 0.5) is 0 Å². The molecule has 0 fully saturated rings. The van der Waals surface area contributed by atoms with Gasteiger partial charge in [0.2, 0.25) is 0 Å². The zero-order valence-electron chi connectivity index (χ0n) is 6.78. The van der Waals surface area contributed by atoms with Gasteiger partial charge in [-0.15, -0.1) is 0 Å². The average Bonchev–Trinajstić information content (AvgIpc) is 2.14. The van der Waals surface area contributed by atoms with Gasteiger partial charge in [-0.25, -0.2) is 14.4 Å². The van der Waals surface area contributed by atoms with Gasteiger partial charge in [-0.05, 0) is 0 Å². The number of aliphatic carboxylic acids is 1. The van der Waals surface area contributed by atoms with E-state index in [-0.39, 0.29) is 0 Å². The van der Waals surface area contributed by atoms with E-state index in [2.05, 4.69) is 4.74 Å². The summed E-state index contributed by atoms with van der Waals surface area (Å²) in [6.07, 6.45) is -4.75. The number of carboxylic acids is 1. The van der Waals surface area contributed by atoms with Gasteiger partial charge in [-0.1, -0.05) is 0 Å². The van der Waals surface area contributed by atoms with E-state index >= 15 is 0 Å². The van der Waals surface area contributed by atoms with E-state index in [1.165, 1.54) is 0 Å². The minimum atomic E-state index is -2.38. The quantitative estimate of drug-likeness (QED) is 0.280. The number of carbonyl (C=O) groups is 3. The maximum Gasteiger partial charge on any atom is 0.346 e. The highest BCUT2D eigenvalue weighted by molar-refractivity contribution is 5.91. The SMILES string of the molecule is O=C(CO)OC(=O)C(O)C(O)C(=O)O. The van der Waals surface area contributed by atoms with Gasteiger partial charge >= 0.3 is 17.9 Å². The summed E-state index contributed by atoms with van der Waals surface area (Å²) in [6, 6.07) is 0. The first-order valence-corrected chi connectivity index (χ1v) is 3.34. The summed E-state index contributed by atoms with van der Waals surface area (Å²) in [5, 5.41) is 33.7. The lowest BCUT2D eigenvalue weighted by atomic mass is 10.2. The molecule has 0 saturated heterocycles. The van der Waals surface area contributed by atoms with Crippen LogP contribution in [0.15, 0.2) is 0 Å². The van der Waals surface area contributed by atoms with E-state index in [1.807, 2.05) is 0 Å². The molecule has 0 bridgehead atoms. The first-order valence-electron chi connectivity index (χ1n) is 3.34. The molecule has 2 atom stereocenters. The number of esters is 2. The van der Waals surface area contributed by atoms with Gasteiger partial charge < -0.3 is 25.2 Å². The van der Waals surface area contributed by atoms with Gasteiger partial charge in [-0.2, -0.15) is 0 Å². The molecular weight excluding hydrogens is 200 g/mol. The monoisotopic (exact) mass is 208 g/mol. The zero-order valence-corrected chi connectivity index (χ0v) is 6.78. The molecule has 80 valence electrons. The summed E-state index contributed by atoms with van der Waals surface area (Å²) in [6.45, 7) is -1.10. The smallest absolute Gasteiger partial charge is 0.346 e. The van der Waals surface area contributed by atoms with E-state index < -0.39 is 36.7 Å². The van der Waals surface area contributed by atoms with E-state index in [4.69, 9.17) is 20.4 Å². The Morgan fingerprint density at radius 2 is 1.64 bits per heavy atom. The van der Waals surface area contributed by atoms with Crippen molar-refractivity contribution in [3.63, 3.8) is 0 Å². The molecule has 0 aromatic heterocycles. The number of ether oxygens (including phenoxy) is 1. The van der Waals surface area contributed by atoms with Gasteiger partial charge in [0.15, 0.2) is 12.2 Å². The Bertz CT molecular complexity index is 246. The number of hydrogen-bond donors (Lipinski definition) is 4. The number of hydrogen-bond acceptors (Lipinski definition) is 7. The Balaban J connectivity index is 4.25. The van der Waals surface area contributed by atoms with Gasteiger partial charge in [0.1, 0.15) is 6.61 Å². The predicted molar refractivity (Wildman–Crippen MR) is 37.8 cm³/mol. The van der Waals surface area contributed by atoms with Crippen molar-refractivity contribution in [2.24, 2.45) is 0 Å². The summed E-state index contributed by atoms with van der Waals surface area (Å²) in [5.41, 5.74) is 0. The second-order valence-corrected chi connectivity index (χ2v) is 2.18. The third-order valence-corrected chi connectivity index (χ3v) is 1.14. The fourth-order valence-electron chi connectivity index (χ4n) is 0.469. The van der Waals surface area contributed by atoms with Crippen molar-refractivity contribution in [2.45, 2.75) is 12.2 Å². The summed E-state index contributed by atoms with van der Waals surface area (Å²) in [5.74, 6) is -4.84. The molecule has 0 spiro atoms. The third kappa shape index (κ3) is 3.47. The first-order chi connectivity index (χ1) is 6.40. The molecule has 0 heterocycles. The molecule has 4 N–H and O–H groups in total. The second-order valence-electron chi connectivity index (χ2n) is 2.18. The normalized spacial score (nSPS) is 14.2. The van der Waals surface area contributed by atoms with E-state index in [0.717, 1.165) is 0 Å². The van der Waals surface area contributed by atoms with Crippen molar-refractivity contribution in [3.05, 3.63) is 0 Å². The summed E-state index contributed by atoms with van der Waals surface area (Å²) >= 11 is 0. The molecule has 0 aliphatic heterocycles. The van der Waals surface area contributed by atoms with Crippen molar-refractivity contribution in [3.8, 4) is 0 Å². The average molecular weight is 208 g/mol. The molecule has 14 heavy (non-hydrogen) atoms. The lowest BCUT2D eigenvalue weighted by Crippen LogP contribution is -2.41. The molecule has 0 aromatic rings. The highest BCUT2D eigenvalue weighted by atomic mass is 16.6. The molecule has 8 nitrogen and oxygen atoms in total. The minimum absolute atomic E-state index is 1.10. The summed E-state index contributed by atoms with van der Waals surface area (Å²) in [7, 11) is 0. The van der Waals surface area contributed by atoms with Crippen LogP contribution in [0.1, 0.15) is 0 Å². The topological polar surface area (TPSA) is 141 Å². The fourth-order valence-corrected chi connectivity index (χ4v) is 0.469. The van der Waals surface area contributed by atoms with Crippen LogP contribution < -0.4 is 0 Å². The lowest BCUT2D eigenvalue weighted by Gasteiger charge is -2.11. The van der Waals surface area contributed by atoms with Gasteiger partial charge in [0, 0.05) is 0 Å². The van der Waals surface area contributed by atoms with Crippen molar-refractivity contribution in [2.75, 3.05) is 6.61 Å². The molecule has 0 rings (SSSR count). The molecule has 0 saturated carbocycles. The highest BCUT2D eigenvalue weighted by Gasteiger charge is 2.32. The molecule has 0 radical (unpaired) electrons. The summed E-state index contributed by atoms with van der Waals surface area (Å²) in [4.78, 5) is 31.0. The molecule has 0 aliphatic carbocycles. The zero-order chi connectivity index (χ0) is 11.3. The number of aliphatic hydroxyl groups excluding tert-OH is 3. The Labute approximate surface area is 77.3 Å². The van der Waals surface area contributed by atoms with Gasteiger partial charge in [-0.3, -0.25) is 0 Å². The second kappa shape index (κ2) is 5.27. The third-order valence-electron chi connectivity index (χ3n) is 1.14. The molecule has 0 aromatic carbocycles. The lowest BCUT2D eigenvalue weighted by molar-refractivity contribution is -0.176. The highest BCUT2D eigenvalue weighted by Crippen LogP contribution is 1.97.